The van der Waals surface area contributed by atoms with Crippen LogP contribution in [-0.2, 0) is 10.2 Å². The Bertz CT molecular complexity index is 3490. The number of aliphatic hydroxyl groups excluding tert-OH is 5. The molecule has 1 saturated heterocycles. The summed E-state index contributed by atoms with van der Waals surface area (Å²) in [5.74, 6) is -4.20. The van der Waals surface area contributed by atoms with Crippen molar-refractivity contribution in [3.05, 3.63) is 117 Å². The summed E-state index contributed by atoms with van der Waals surface area (Å²) in [5.41, 5.74) is 1.15. The summed E-state index contributed by atoms with van der Waals surface area (Å²) < 4.78 is 14.9. The van der Waals surface area contributed by atoms with Gasteiger partial charge in [0.2, 0.25) is 5.78 Å². The highest BCUT2D eigenvalue weighted by molar-refractivity contribution is 6.34. The predicted octanol–water partition coefficient (Wildman–Crippen LogP) is 8.37. The first-order valence-corrected chi connectivity index (χ1v) is 28.7. The summed E-state index contributed by atoms with van der Waals surface area (Å²) in [6.07, 6.45) is 15.6. The minimum atomic E-state index is -2.45. The Hall–Kier alpha value is -5.68. The molecule has 2 aromatic carbocycles. The molecule has 6 fully saturated rings. The van der Waals surface area contributed by atoms with Gasteiger partial charge in [0.25, 0.3) is 5.79 Å². The van der Waals surface area contributed by atoms with Gasteiger partial charge in [-0.15, -0.1) is 0 Å². The van der Waals surface area contributed by atoms with Crippen molar-refractivity contribution in [1.82, 2.24) is 19.9 Å². The highest BCUT2D eigenvalue weighted by Gasteiger charge is 2.77. The average molecular weight is 1040 g/mol. The lowest BCUT2D eigenvalue weighted by molar-refractivity contribution is -0.366. The van der Waals surface area contributed by atoms with Gasteiger partial charge >= 0.3 is 0 Å². The number of fused-ring (bicyclic) bond motifs is 7. The summed E-state index contributed by atoms with van der Waals surface area (Å²) in [5, 5.41) is 83.4. The third-order valence-corrected chi connectivity index (χ3v) is 22.6. The topological polar surface area (TPSA) is 243 Å². The molecule has 15 heteroatoms. The number of nitrogens with zero attached hydrogens (tertiary/aromatic N) is 2. The second-order valence-corrected chi connectivity index (χ2v) is 26.3. The van der Waals surface area contributed by atoms with Gasteiger partial charge in [-0.2, -0.15) is 0 Å². The summed E-state index contributed by atoms with van der Waals surface area (Å²) in [4.78, 5) is 47.6. The number of imidazole rings is 1. The number of aromatic nitrogens is 4. The lowest BCUT2D eigenvalue weighted by atomic mass is 9.50. The number of ether oxygens (including phenoxy) is 2. The van der Waals surface area contributed by atoms with E-state index in [0.717, 1.165) is 125 Å². The van der Waals surface area contributed by atoms with Crippen LogP contribution in [0.15, 0.2) is 66.3 Å². The molecule has 4 aliphatic heterocycles. The maximum atomic E-state index is 15.3. The van der Waals surface area contributed by atoms with Crippen molar-refractivity contribution in [2.24, 2.45) is 21.7 Å². The Morgan fingerprint density at radius 1 is 0.766 bits per heavy atom. The second kappa shape index (κ2) is 15.6. The summed E-state index contributed by atoms with van der Waals surface area (Å²) >= 11 is 0. The first-order valence-electron chi connectivity index (χ1n) is 28.7. The molecule has 0 amide bonds. The number of nitrogens with one attached hydrogen (secondary N) is 3. The molecule has 7 heterocycles. The fourth-order valence-electron chi connectivity index (χ4n) is 19.4. The molecule has 8 bridgehead atoms. The van der Waals surface area contributed by atoms with Crippen LogP contribution in [0.2, 0.25) is 0 Å². The van der Waals surface area contributed by atoms with Gasteiger partial charge in [0.15, 0.2) is 17.5 Å². The van der Waals surface area contributed by atoms with Crippen molar-refractivity contribution in [2.45, 2.75) is 182 Å². The van der Waals surface area contributed by atoms with Crippen LogP contribution in [0, 0.1) is 28.6 Å². The molecule has 12 aliphatic rings. The highest BCUT2D eigenvalue weighted by Crippen LogP contribution is 2.76. The molecular formula is C62H67N5O10. The van der Waals surface area contributed by atoms with Crippen LogP contribution in [0.5, 0.6) is 11.5 Å². The number of carbonyl (C=O) groups is 2. The molecule has 3 aromatic heterocycles. The number of carbonyl (C=O) groups excluding carboxylic acids is 2. The molecule has 9 N–H and O–H groups in total. The van der Waals surface area contributed by atoms with Gasteiger partial charge in [0.05, 0.1) is 35.1 Å². The number of phenols is 1. The van der Waals surface area contributed by atoms with Crippen LogP contribution in [0.1, 0.15) is 188 Å². The number of ketones is 2. The van der Waals surface area contributed by atoms with Crippen molar-refractivity contribution in [3.63, 3.8) is 0 Å². The van der Waals surface area contributed by atoms with Gasteiger partial charge in [-0.05, 0) is 159 Å². The molecule has 5 aromatic rings. The predicted molar refractivity (Wildman–Crippen MR) is 283 cm³/mol. The van der Waals surface area contributed by atoms with Gasteiger partial charge in [-0.25, -0.2) is 9.97 Å². The van der Waals surface area contributed by atoms with E-state index >= 15 is 9.59 Å². The number of aromatic amines is 2. The number of phenolic OH excluding ortho intramolecular Hbond substituents is 1. The van der Waals surface area contributed by atoms with Gasteiger partial charge in [-0.3, -0.25) is 9.59 Å². The average Bonchev–Trinajstić information content (AvgIpc) is 4.40. The molecule has 10 atom stereocenters. The van der Waals surface area contributed by atoms with E-state index in [9.17, 15) is 30.6 Å². The molecular weight excluding hydrogens is 975 g/mol. The zero-order valence-corrected chi connectivity index (χ0v) is 43.5. The van der Waals surface area contributed by atoms with Crippen molar-refractivity contribution in [2.75, 3.05) is 11.9 Å². The number of H-pyrrole nitrogens is 2. The largest absolute Gasteiger partial charge is 0.507 e. The van der Waals surface area contributed by atoms with Gasteiger partial charge in [-0.1, -0.05) is 50.5 Å². The van der Waals surface area contributed by atoms with Crippen molar-refractivity contribution in [1.29, 1.82) is 0 Å². The molecule has 0 radical (unpaired) electrons. The normalized spacial score (nSPS) is 36.5. The fourth-order valence-corrected chi connectivity index (χ4v) is 19.4. The number of pyridine rings is 1. The quantitative estimate of drug-likeness (QED) is 0.0793. The summed E-state index contributed by atoms with van der Waals surface area (Å²) in [6.45, 7) is 1.76. The smallest absolute Gasteiger partial charge is 0.261 e. The van der Waals surface area contributed by atoms with Crippen LogP contribution in [0.25, 0.3) is 16.3 Å². The van der Waals surface area contributed by atoms with Gasteiger partial charge in [0, 0.05) is 68.9 Å². The Labute approximate surface area is 445 Å². The zero-order valence-electron chi connectivity index (χ0n) is 43.5. The lowest BCUT2D eigenvalue weighted by Gasteiger charge is -2.64. The third kappa shape index (κ3) is 5.83. The molecule has 6 spiro atoms. The molecule has 77 heavy (non-hydrogen) atoms. The lowest BCUT2D eigenvalue weighted by Crippen LogP contribution is -2.79. The van der Waals surface area contributed by atoms with Crippen molar-refractivity contribution >= 4 is 33.7 Å². The molecule has 15 nitrogen and oxygen atoms in total. The van der Waals surface area contributed by atoms with Crippen LogP contribution < -0.4 is 10.1 Å². The number of rotatable bonds is 2. The minimum absolute atomic E-state index is 0.00450. The van der Waals surface area contributed by atoms with Crippen LogP contribution in [-0.4, -0.2) is 111 Å². The van der Waals surface area contributed by atoms with E-state index in [-0.39, 0.29) is 57.0 Å². The van der Waals surface area contributed by atoms with E-state index in [2.05, 4.69) is 26.3 Å². The van der Waals surface area contributed by atoms with Gasteiger partial charge < -0.3 is 55.4 Å². The van der Waals surface area contributed by atoms with Crippen molar-refractivity contribution < 1.29 is 49.7 Å². The fraction of sp³-hybridized carbons (Fsp3) is 0.548. The first-order chi connectivity index (χ1) is 37.1. The SMILES string of the molecule is Cc1cc(O)c2c(c1)C(=O)c1c(c3cc4c(nccc14)NCC(O)C14CC5(CCCC5)CC1c1cc(C5(c6cnc[nH]6)CCCCC5)[nH]c1C1=CC5(O3)OC3(C1=C4CC1(CCC4(CCCC4)C1)C3O)C(O)C(O)C5O)C2=O. The maximum absolute atomic E-state index is 15.3. The Morgan fingerprint density at radius 2 is 1.53 bits per heavy atom. The van der Waals surface area contributed by atoms with E-state index in [4.69, 9.17) is 14.5 Å². The number of aliphatic hydroxyl groups is 5. The van der Waals surface area contributed by atoms with E-state index in [1.54, 1.807) is 43.7 Å². The number of aromatic hydroxyl groups is 1. The van der Waals surface area contributed by atoms with E-state index < -0.39 is 69.7 Å². The minimum Gasteiger partial charge on any atom is -0.507 e. The zero-order chi connectivity index (χ0) is 52.4. The number of anilines is 1. The maximum Gasteiger partial charge on any atom is 0.261 e. The number of hydrogen-bond donors (Lipinski definition) is 9. The molecule has 400 valence electrons. The Kier molecular flexibility index (Phi) is 9.57. The van der Waals surface area contributed by atoms with Crippen molar-refractivity contribution in [3.8, 4) is 11.5 Å². The van der Waals surface area contributed by atoms with E-state index in [1.165, 1.54) is 6.07 Å². The highest BCUT2D eigenvalue weighted by atomic mass is 16.7. The Balaban J connectivity index is 1.04. The van der Waals surface area contributed by atoms with Crippen LogP contribution >= 0.6 is 0 Å². The molecule has 10 unspecified atom stereocenters. The summed E-state index contributed by atoms with van der Waals surface area (Å²) in [6, 6.07) is 8.61. The first kappa shape index (κ1) is 47.3. The number of hydrogen-bond acceptors (Lipinski definition) is 13. The number of aryl methyl sites for hydroxylation is 1. The monoisotopic (exact) mass is 1040 g/mol. The molecule has 17 rings (SSSR count). The van der Waals surface area contributed by atoms with Crippen LogP contribution in [0.4, 0.5) is 5.82 Å². The second-order valence-electron chi connectivity index (χ2n) is 26.3. The Morgan fingerprint density at radius 3 is 2.30 bits per heavy atom. The van der Waals surface area contributed by atoms with E-state index in [1.807, 2.05) is 6.20 Å². The van der Waals surface area contributed by atoms with Gasteiger partial charge in [0.1, 0.15) is 29.5 Å². The van der Waals surface area contributed by atoms with Crippen LogP contribution in [0.3, 0.4) is 0 Å². The number of benzene rings is 2. The molecule has 5 saturated carbocycles. The third-order valence-electron chi connectivity index (χ3n) is 22.6. The van der Waals surface area contributed by atoms with E-state index in [0.29, 0.717) is 59.0 Å². The molecule has 8 aliphatic carbocycles. The summed E-state index contributed by atoms with van der Waals surface area (Å²) in [7, 11) is 0. The standard InChI is InChI=1S/C62H67N5O10/c1-31-19-35-44(39(68)20-31)50(71)46-40-21-33-32(45(46)49(35)70)9-18-64-54(33)65-27-43(69)60-29-57(12-7-8-13-57)24-37(60)34-22-41(59(14-3-2-4-15-59)42-26-63-30-66-42)67-48(34)36-23-61(76-40)52(73)51(72)53(74)62(77-61)47(36)38(60)25-58(55(62)75)17-16-56(28-58)10-5-6-11-56/h9,18-23,26,30,37,43,51-53,55,67-69,72-75H,2-8,10-17,24-25,27-29H2,1H3,(H,63,66)(H,64,65).